The molecule has 114 valence electrons. The summed E-state index contributed by atoms with van der Waals surface area (Å²) >= 11 is 1.37. The molecule has 22 heavy (non-hydrogen) atoms. The second-order valence-corrected chi connectivity index (χ2v) is 5.56. The lowest BCUT2D eigenvalue weighted by atomic mass is 10.3. The smallest absolute Gasteiger partial charge is 0.269 e. The van der Waals surface area contributed by atoms with Crippen molar-refractivity contribution in [1.82, 2.24) is 0 Å². The Balaban J connectivity index is 1.98. The van der Waals surface area contributed by atoms with Crippen molar-refractivity contribution in [2.24, 2.45) is 0 Å². The van der Waals surface area contributed by atoms with Crippen LogP contribution in [0.5, 0.6) is 0 Å². The van der Waals surface area contributed by atoms with Gasteiger partial charge in [0.25, 0.3) is 5.69 Å². The van der Waals surface area contributed by atoms with Gasteiger partial charge in [-0.1, -0.05) is 18.2 Å². The summed E-state index contributed by atoms with van der Waals surface area (Å²) < 4.78 is 0. The number of carbonyl (C=O) groups is 1. The average Bonchev–Trinajstić information content (AvgIpc) is 2.55. The molecule has 0 unspecified atom stereocenters. The minimum atomic E-state index is -0.437. The van der Waals surface area contributed by atoms with Gasteiger partial charge in [-0.05, 0) is 31.2 Å². The number of anilines is 1. The predicted octanol–water partition coefficient (Wildman–Crippen LogP) is 3.74. The van der Waals surface area contributed by atoms with Crippen molar-refractivity contribution in [2.75, 3.05) is 17.2 Å². The molecule has 1 amide bonds. The second-order valence-electron chi connectivity index (χ2n) is 4.51. The van der Waals surface area contributed by atoms with E-state index < -0.39 is 4.92 Å². The maximum absolute atomic E-state index is 12.3. The lowest BCUT2D eigenvalue weighted by Crippen LogP contribution is -2.32. The van der Waals surface area contributed by atoms with Crippen molar-refractivity contribution >= 4 is 29.0 Å². The molecule has 0 aliphatic heterocycles. The Labute approximate surface area is 133 Å². The van der Waals surface area contributed by atoms with E-state index in [1.165, 1.54) is 23.9 Å². The molecule has 0 saturated carbocycles. The van der Waals surface area contributed by atoms with Crippen LogP contribution in [0.1, 0.15) is 6.92 Å². The van der Waals surface area contributed by atoms with Gasteiger partial charge in [0.2, 0.25) is 5.91 Å². The molecule has 5 nitrogen and oxygen atoms in total. The minimum Gasteiger partial charge on any atom is -0.312 e. The number of nitro benzene ring substituents is 1. The molecule has 0 aromatic heterocycles. The van der Waals surface area contributed by atoms with Gasteiger partial charge in [0.05, 0.1) is 10.7 Å². The highest BCUT2D eigenvalue weighted by Gasteiger charge is 2.14. The first kappa shape index (κ1) is 16.0. The van der Waals surface area contributed by atoms with Crippen LogP contribution in [0.3, 0.4) is 0 Å². The summed E-state index contributed by atoms with van der Waals surface area (Å²) in [4.78, 5) is 25.0. The van der Waals surface area contributed by atoms with Crippen LogP contribution in [-0.4, -0.2) is 23.1 Å². The standard InChI is InChI=1S/C16H16N2O3S/c1-2-17(13-6-4-3-5-7-13)16(19)12-22-15-10-8-14(9-11-15)18(20)21/h3-11H,2,12H2,1H3. The normalized spacial score (nSPS) is 10.2. The second kappa shape index (κ2) is 7.61. The molecule has 0 heterocycles. The lowest BCUT2D eigenvalue weighted by Gasteiger charge is -2.20. The molecule has 2 rings (SSSR count). The quantitative estimate of drug-likeness (QED) is 0.462. The lowest BCUT2D eigenvalue weighted by molar-refractivity contribution is -0.384. The molecule has 2 aromatic rings. The Morgan fingerprint density at radius 3 is 2.32 bits per heavy atom. The molecular weight excluding hydrogens is 300 g/mol. The van der Waals surface area contributed by atoms with Crippen LogP contribution in [-0.2, 0) is 4.79 Å². The summed E-state index contributed by atoms with van der Waals surface area (Å²) in [5.74, 6) is 0.303. The first-order chi connectivity index (χ1) is 10.6. The van der Waals surface area contributed by atoms with Crippen LogP contribution in [0, 0.1) is 10.1 Å². The third kappa shape index (κ3) is 4.08. The van der Waals surface area contributed by atoms with Gasteiger partial charge in [-0.15, -0.1) is 11.8 Å². The zero-order valence-electron chi connectivity index (χ0n) is 12.1. The molecule has 0 fully saturated rings. The molecule has 0 atom stereocenters. The van der Waals surface area contributed by atoms with Crippen molar-refractivity contribution in [3.8, 4) is 0 Å². The molecule has 0 aliphatic rings. The molecule has 0 N–H and O–H groups in total. The maximum atomic E-state index is 12.3. The van der Waals surface area contributed by atoms with Gasteiger partial charge >= 0.3 is 0 Å². The summed E-state index contributed by atoms with van der Waals surface area (Å²) in [6, 6.07) is 15.7. The molecule has 0 radical (unpaired) electrons. The Kier molecular flexibility index (Phi) is 5.55. The fourth-order valence-corrected chi connectivity index (χ4v) is 2.77. The number of nitro groups is 1. The zero-order valence-corrected chi connectivity index (χ0v) is 13.0. The highest BCUT2D eigenvalue weighted by Crippen LogP contribution is 2.23. The minimum absolute atomic E-state index is 0.0112. The van der Waals surface area contributed by atoms with Crippen molar-refractivity contribution < 1.29 is 9.72 Å². The summed E-state index contributed by atoms with van der Waals surface area (Å²) in [7, 11) is 0. The van der Waals surface area contributed by atoms with Gasteiger partial charge in [0.15, 0.2) is 0 Å². The van der Waals surface area contributed by atoms with Crippen LogP contribution in [0.15, 0.2) is 59.5 Å². The first-order valence-corrected chi connectivity index (χ1v) is 7.83. The van der Waals surface area contributed by atoms with E-state index in [1.807, 2.05) is 37.3 Å². The monoisotopic (exact) mass is 316 g/mol. The van der Waals surface area contributed by atoms with E-state index in [9.17, 15) is 14.9 Å². The van der Waals surface area contributed by atoms with Gasteiger partial charge in [0.1, 0.15) is 0 Å². The molecule has 6 heteroatoms. The van der Waals surface area contributed by atoms with E-state index in [1.54, 1.807) is 17.0 Å². The van der Waals surface area contributed by atoms with E-state index in [2.05, 4.69) is 0 Å². The Morgan fingerprint density at radius 2 is 1.77 bits per heavy atom. The van der Waals surface area contributed by atoms with Crippen molar-refractivity contribution in [2.45, 2.75) is 11.8 Å². The van der Waals surface area contributed by atoms with Crippen molar-refractivity contribution in [3.63, 3.8) is 0 Å². The van der Waals surface area contributed by atoms with Gasteiger partial charge in [-0.2, -0.15) is 0 Å². The highest BCUT2D eigenvalue weighted by atomic mass is 32.2. The maximum Gasteiger partial charge on any atom is 0.269 e. The van der Waals surface area contributed by atoms with Gasteiger partial charge in [0, 0.05) is 29.3 Å². The molecule has 0 spiro atoms. The number of carbonyl (C=O) groups excluding carboxylic acids is 1. The molecule has 0 bridgehead atoms. The number of nitrogens with zero attached hydrogens (tertiary/aromatic N) is 2. The van der Waals surface area contributed by atoms with Gasteiger partial charge in [-0.25, -0.2) is 0 Å². The summed E-state index contributed by atoms with van der Waals surface area (Å²) in [5.41, 5.74) is 0.925. The first-order valence-electron chi connectivity index (χ1n) is 6.84. The summed E-state index contributed by atoms with van der Waals surface area (Å²) in [5, 5.41) is 10.6. The molecular formula is C16H16N2O3S. The van der Waals surface area contributed by atoms with E-state index in [0.29, 0.717) is 12.3 Å². The van der Waals surface area contributed by atoms with E-state index in [0.717, 1.165) is 10.6 Å². The molecule has 0 aliphatic carbocycles. The number of benzene rings is 2. The van der Waals surface area contributed by atoms with E-state index in [4.69, 9.17) is 0 Å². The van der Waals surface area contributed by atoms with Gasteiger partial charge < -0.3 is 4.90 Å². The van der Waals surface area contributed by atoms with Crippen LogP contribution in [0.4, 0.5) is 11.4 Å². The fourth-order valence-electron chi connectivity index (χ4n) is 2.00. The third-order valence-corrected chi connectivity index (χ3v) is 4.09. The third-order valence-electron chi connectivity index (χ3n) is 3.09. The fraction of sp³-hybridized carbons (Fsp3) is 0.188. The zero-order chi connectivity index (χ0) is 15.9. The number of hydrogen-bond acceptors (Lipinski definition) is 4. The van der Waals surface area contributed by atoms with E-state index in [-0.39, 0.29) is 11.6 Å². The Morgan fingerprint density at radius 1 is 1.14 bits per heavy atom. The van der Waals surface area contributed by atoms with E-state index >= 15 is 0 Å². The number of hydrogen-bond donors (Lipinski definition) is 0. The molecule has 2 aromatic carbocycles. The number of amides is 1. The number of non-ortho nitro benzene ring substituents is 1. The largest absolute Gasteiger partial charge is 0.312 e. The van der Waals surface area contributed by atoms with Crippen molar-refractivity contribution in [3.05, 3.63) is 64.7 Å². The van der Waals surface area contributed by atoms with Crippen LogP contribution >= 0.6 is 11.8 Å². The Hall–Kier alpha value is -2.34. The van der Waals surface area contributed by atoms with Crippen LogP contribution < -0.4 is 4.90 Å². The summed E-state index contributed by atoms with van der Waals surface area (Å²) in [6.07, 6.45) is 0. The highest BCUT2D eigenvalue weighted by molar-refractivity contribution is 8.00. The molecule has 0 saturated heterocycles. The predicted molar refractivity (Wildman–Crippen MR) is 88.3 cm³/mol. The van der Waals surface area contributed by atoms with Gasteiger partial charge in [-0.3, -0.25) is 14.9 Å². The number of para-hydroxylation sites is 1. The summed E-state index contributed by atoms with van der Waals surface area (Å²) in [6.45, 7) is 2.53. The number of rotatable bonds is 6. The van der Waals surface area contributed by atoms with Crippen LogP contribution in [0.2, 0.25) is 0 Å². The topological polar surface area (TPSA) is 63.5 Å². The Bertz CT molecular complexity index is 644. The average molecular weight is 316 g/mol. The SMILES string of the molecule is CCN(C(=O)CSc1ccc([N+](=O)[O-])cc1)c1ccccc1. The van der Waals surface area contributed by atoms with Crippen LogP contribution in [0.25, 0.3) is 0 Å². The number of thioether (sulfide) groups is 1. The van der Waals surface area contributed by atoms with Crippen molar-refractivity contribution in [1.29, 1.82) is 0 Å².